The van der Waals surface area contributed by atoms with Crippen molar-refractivity contribution in [2.45, 2.75) is 6.54 Å². The monoisotopic (exact) mass is 272 g/mol. The number of methoxy groups -OCH3 is 1. The number of nitrogens with two attached hydrogens (primary N) is 1. The summed E-state index contributed by atoms with van der Waals surface area (Å²) in [5, 5.41) is 2.93. The Morgan fingerprint density at radius 3 is 2.87 bits per heavy atom. The van der Waals surface area contributed by atoms with E-state index in [-0.39, 0.29) is 12.5 Å². The van der Waals surface area contributed by atoms with Crippen LogP contribution in [0.1, 0.15) is 5.56 Å². The minimum Gasteiger partial charge on any atom is -0.496 e. The van der Waals surface area contributed by atoms with Gasteiger partial charge in [0, 0.05) is 6.54 Å². The number of carbonyl (C=O) groups is 1. The van der Waals surface area contributed by atoms with Crippen LogP contribution >= 0.6 is 15.9 Å². The lowest BCUT2D eigenvalue weighted by molar-refractivity contribution is -0.117. The summed E-state index contributed by atoms with van der Waals surface area (Å²) in [6.07, 6.45) is 0. The normalized spacial score (nSPS) is 10.0. The van der Waals surface area contributed by atoms with Crippen molar-refractivity contribution in [3.8, 4) is 5.75 Å². The van der Waals surface area contributed by atoms with E-state index in [2.05, 4.69) is 21.2 Å². The molecule has 1 amide bonds. The van der Waals surface area contributed by atoms with Gasteiger partial charge in [0.05, 0.1) is 18.1 Å². The number of ether oxygens (including phenoxy) is 1. The fourth-order valence-electron chi connectivity index (χ4n) is 1.15. The number of primary amides is 1. The molecule has 0 aliphatic rings. The van der Waals surface area contributed by atoms with Gasteiger partial charge in [0.2, 0.25) is 5.91 Å². The second kappa shape index (κ2) is 5.72. The zero-order valence-corrected chi connectivity index (χ0v) is 10.0. The van der Waals surface area contributed by atoms with Gasteiger partial charge in [-0.3, -0.25) is 4.79 Å². The third-order valence-electron chi connectivity index (χ3n) is 1.84. The van der Waals surface area contributed by atoms with Crippen molar-refractivity contribution in [3.63, 3.8) is 0 Å². The Bertz CT molecular complexity index is 355. The molecule has 1 aromatic rings. The van der Waals surface area contributed by atoms with Crippen molar-refractivity contribution in [1.29, 1.82) is 0 Å². The van der Waals surface area contributed by atoms with E-state index >= 15 is 0 Å². The highest BCUT2D eigenvalue weighted by molar-refractivity contribution is 9.10. The third kappa shape index (κ3) is 3.89. The maximum absolute atomic E-state index is 10.5. The zero-order chi connectivity index (χ0) is 11.3. The Morgan fingerprint density at radius 2 is 2.33 bits per heavy atom. The molecule has 0 radical (unpaired) electrons. The van der Waals surface area contributed by atoms with E-state index in [1.165, 1.54) is 0 Å². The van der Waals surface area contributed by atoms with Crippen LogP contribution < -0.4 is 15.8 Å². The number of hydrogen-bond donors (Lipinski definition) is 2. The van der Waals surface area contributed by atoms with Crippen LogP contribution in [0.4, 0.5) is 0 Å². The summed E-state index contributed by atoms with van der Waals surface area (Å²) in [4.78, 5) is 10.5. The van der Waals surface area contributed by atoms with E-state index < -0.39 is 0 Å². The lowest BCUT2D eigenvalue weighted by Crippen LogP contribution is -2.28. The Hall–Kier alpha value is -1.07. The van der Waals surface area contributed by atoms with E-state index in [4.69, 9.17) is 10.5 Å². The molecule has 0 spiro atoms. The molecule has 1 rings (SSSR count). The quantitative estimate of drug-likeness (QED) is 0.842. The van der Waals surface area contributed by atoms with Crippen LogP contribution in [0.3, 0.4) is 0 Å². The van der Waals surface area contributed by atoms with Crippen LogP contribution in [0.5, 0.6) is 5.75 Å². The van der Waals surface area contributed by atoms with Gasteiger partial charge in [-0.15, -0.1) is 0 Å². The predicted molar refractivity (Wildman–Crippen MR) is 61.6 cm³/mol. The molecule has 0 unspecified atom stereocenters. The first-order valence-electron chi connectivity index (χ1n) is 4.45. The highest BCUT2D eigenvalue weighted by atomic mass is 79.9. The van der Waals surface area contributed by atoms with Gasteiger partial charge in [-0.1, -0.05) is 6.07 Å². The first-order chi connectivity index (χ1) is 7.13. The van der Waals surface area contributed by atoms with Gasteiger partial charge in [-0.2, -0.15) is 0 Å². The van der Waals surface area contributed by atoms with Crippen LogP contribution in [0.2, 0.25) is 0 Å². The number of benzene rings is 1. The zero-order valence-electron chi connectivity index (χ0n) is 8.42. The molecule has 3 N–H and O–H groups in total. The molecule has 0 saturated heterocycles. The number of amides is 1. The molecule has 0 aliphatic carbocycles. The average Bonchev–Trinajstić information content (AvgIpc) is 2.17. The second-order valence-electron chi connectivity index (χ2n) is 3.04. The standard InChI is InChI=1S/C10H13BrN2O2/c1-15-9-3-2-7(4-8(9)11)5-13-6-10(12)14/h2-4,13H,5-6H2,1H3,(H2,12,14). The van der Waals surface area contributed by atoms with Crippen LogP contribution in [0, 0.1) is 0 Å². The van der Waals surface area contributed by atoms with Gasteiger partial charge in [0.25, 0.3) is 0 Å². The highest BCUT2D eigenvalue weighted by Gasteiger charge is 2.01. The lowest BCUT2D eigenvalue weighted by atomic mass is 10.2. The largest absolute Gasteiger partial charge is 0.496 e. The average molecular weight is 273 g/mol. The number of hydrogen-bond acceptors (Lipinski definition) is 3. The number of halogens is 1. The summed E-state index contributed by atoms with van der Waals surface area (Å²) < 4.78 is 5.99. The van der Waals surface area contributed by atoms with Crippen LogP contribution in [-0.4, -0.2) is 19.6 Å². The van der Waals surface area contributed by atoms with Gasteiger partial charge in [0.1, 0.15) is 5.75 Å². The molecule has 82 valence electrons. The SMILES string of the molecule is COc1ccc(CNCC(N)=O)cc1Br. The first kappa shape index (κ1) is 12.0. The van der Waals surface area contributed by atoms with Crippen molar-refractivity contribution < 1.29 is 9.53 Å². The summed E-state index contributed by atoms with van der Waals surface area (Å²) in [6, 6.07) is 5.73. The predicted octanol–water partition coefficient (Wildman–Crippen LogP) is 1.03. The van der Waals surface area contributed by atoms with E-state index in [9.17, 15) is 4.79 Å². The molecule has 0 aliphatic heterocycles. The van der Waals surface area contributed by atoms with Crippen LogP contribution in [0.25, 0.3) is 0 Å². The minimum absolute atomic E-state index is 0.184. The van der Waals surface area contributed by atoms with Gasteiger partial charge in [-0.25, -0.2) is 0 Å². The molecule has 0 atom stereocenters. The number of rotatable bonds is 5. The molecule has 5 heteroatoms. The topological polar surface area (TPSA) is 64.3 Å². The molecule has 0 saturated carbocycles. The van der Waals surface area contributed by atoms with Crippen LogP contribution in [0.15, 0.2) is 22.7 Å². The fraction of sp³-hybridized carbons (Fsp3) is 0.300. The Balaban J connectivity index is 2.55. The maximum Gasteiger partial charge on any atom is 0.231 e. The van der Waals surface area contributed by atoms with Gasteiger partial charge >= 0.3 is 0 Å². The van der Waals surface area contributed by atoms with Gasteiger partial charge in [-0.05, 0) is 33.6 Å². The Morgan fingerprint density at radius 1 is 1.60 bits per heavy atom. The van der Waals surface area contributed by atoms with Gasteiger partial charge in [0.15, 0.2) is 0 Å². The molecular weight excluding hydrogens is 260 g/mol. The van der Waals surface area contributed by atoms with E-state index in [1.54, 1.807) is 7.11 Å². The summed E-state index contributed by atoms with van der Waals surface area (Å²) >= 11 is 3.38. The van der Waals surface area contributed by atoms with Crippen molar-refractivity contribution in [2.24, 2.45) is 5.73 Å². The smallest absolute Gasteiger partial charge is 0.231 e. The third-order valence-corrected chi connectivity index (χ3v) is 2.46. The highest BCUT2D eigenvalue weighted by Crippen LogP contribution is 2.25. The second-order valence-corrected chi connectivity index (χ2v) is 3.89. The number of carbonyl (C=O) groups excluding carboxylic acids is 1. The van der Waals surface area contributed by atoms with E-state index in [1.807, 2.05) is 18.2 Å². The molecule has 0 heterocycles. The lowest BCUT2D eigenvalue weighted by Gasteiger charge is -2.06. The first-order valence-corrected chi connectivity index (χ1v) is 5.24. The van der Waals surface area contributed by atoms with Gasteiger partial charge < -0.3 is 15.8 Å². The Kier molecular flexibility index (Phi) is 4.58. The van der Waals surface area contributed by atoms with Crippen molar-refractivity contribution >= 4 is 21.8 Å². The molecule has 15 heavy (non-hydrogen) atoms. The fourth-order valence-corrected chi connectivity index (χ4v) is 1.74. The van der Waals surface area contributed by atoms with Crippen LogP contribution in [-0.2, 0) is 11.3 Å². The molecule has 0 bridgehead atoms. The molecule has 4 nitrogen and oxygen atoms in total. The molecule has 0 fully saturated rings. The van der Waals surface area contributed by atoms with Crippen molar-refractivity contribution in [1.82, 2.24) is 5.32 Å². The molecule has 0 aromatic heterocycles. The van der Waals surface area contributed by atoms with Crippen molar-refractivity contribution in [2.75, 3.05) is 13.7 Å². The molecular formula is C10H13BrN2O2. The summed E-state index contributed by atoms with van der Waals surface area (Å²) in [5.41, 5.74) is 6.06. The summed E-state index contributed by atoms with van der Waals surface area (Å²) in [5.74, 6) is 0.427. The Labute approximate surface area is 96.9 Å². The van der Waals surface area contributed by atoms with E-state index in [0.29, 0.717) is 6.54 Å². The minimum atomic E-state index is -0.359. The van der Waals surface area contributed by atoms with E-state index in [0.717, 1.165) is 15.8 Å². The maximum atomic E-state index is 10.5. The summed E-state index contributed by atoms with van der Waals surface area (Å²) in [6.45, 7) is 0.787. The summed E-state index contributed by atoms with van der Waals surface area (Å²) in [7, 11) is 1.62. The molecule has 1 aromatic carbocycles. The van der Waals surface area contributed by atoms with Crippen molar-refractivity contribution in [3.05, 3.63) is 28.2 Å². The number of nitrogens with one attached hydrogen (secondary N) is 1.